The molecule has 0 spiro atoms. The number of aliphatic hydroxyl groups is 2. The van der Waals surface area contributed by atoms with Crippen LogP contribution in [-0.4, -0.2) is 21.9 Å². The Kier molecular flexibility index (Phi) is 5.55. The fourth-order valence-corrected chi connectivity index (χ4v) is 4.65. The van der Waals surface area contributed by atoms with Gasteiger partial charge < -0.3 is 10.2 Å². The normalized spacial score (nSPS) is 37.8. The first kappa shape index (κ1) is 17.7. The second-order valence-electron chi connectivity index (χ2n) is 8.20. The van der Waals surface area contributed by atoms with E-state index >= 15 is 0 Å². The van der Waals surface area contributed by atoms with Gasteiger partial charge in [-0.2, -0.15) is 0 Å². The van der Waals surface area contributed by atoms with Crippen LogP contribution in [0.5, 0.6) is 0 Å². The Hall–Kier alpha value is -0.600. The molecule has 22 heavy (non-hydrogen) atoms. The maximum absolute atomic E-state index is 11.0. The van der Waals surface area contributed by atoms with Crippen LogP contribution >= 0.6 is 0 Å². The van der Waals surface area contributed by atoms with E-state index in [1.807, 2.05) is 6.92 Å². The summed E-state index contributed by atoms with van der Waals surface area (Å²) in [5, 5.41) is 22.1. The molecule has 2 aliphatic carbocycles. The maximum atomic E-state index is 11.0. The zero-order valence-electron chi connectivity index (χ0n) is 15.0. The monoisotopic (exact) mass is 306 g/mol. The first-order valence-corrected chi connectivity index (χ1v) is 8.94. The number of hydrogen-bond donors (Lipinski definition) is 2. The Morgan fingerprint density at radius 2 is 2.05 bits per heavy atom. The first-order valence-electron chi connectivity index (χ1n) is 8.94. The lowest BCUT2D eigenvalue weighted by molar-refractivity contribution is -0.0796. The highest BCUT2D eigenvalue weighted by molar-refractivity contribution is 5.18. The summed E-state index contributed by atoms with van der Waals surface area (Å²) in [5.41, 5.74) is 1.83. The molecule has 0 aliphatic heterocycles. The Balaban J connectivity index is 2.15. The zero-order valence-corrected chi connectivity index (χ0v) is 15.0. The van der Waals surface area contributed by atoms with Crippen molar-refractivity contribution < 1.29 is 10.2 Å². The highest BCUT2D eigenvalue weighted by atomic mass is 16.3. The number of fused-ring (bicyclic) bond motifs is 1. The van der Waals surface area contributed by atoms with Crippen molar-refractivity contribution in [2.75, 3.05) is 0 Å². The van der Waals surface area contributed by atoms with E-state index in [9.17, 15) is 10.2 Å². The maximum Gasteiger partial charge on any atom is 0.0675 e. The van der Waals surface area contributed by atoms with E-state index < -0.39 is 11.7 Å². The van der Waals surface area contributed by atoms with E-state index in [2.05, 4.69) is 39.8 Å². The van der Waals surface area contributed by atoms with Crippen LogP contribution in [0.1, 0.15) is 66.7 Å². The fraction of sp³-hybridized carbons (Fsp3) is 0.800. The van der Waals surface area contributed by atoms with E-state index in [0.717, 1.165) is 32.1 Å². The van der Waals surface area contributed by atoms with Crippen molar-refractivity contribution in [1.29, 1.82) is 0 Å². The van der Waals surface area contributed by atoms with Gasteiger partial charge in [0.05, 0.1) is 11.7 Å². The summed E-state index contributed by atoms with van der Waals surface area (Å²) >= 11 is 0. The van der Waals surface area contributed by atoms with Gasteiger partial charge in [-0.25, -0.2) is 0 Å². The summed E-state index contributed by atoms with van der Waals surface area (Å²) in [7, 11) is 0. The molecule has 0 aromatic rings. The van der Waals surface area contributed by atoms with Gasteiger partial charge in [0, 0.05) is 11.8 Å². The summed E-state index contributed by atoms with van der Waals surface area (Å²) in [6.45, 7) is 10.6. The molecular weight excluding hydrogens is 272 g/mol. The van der Waals surface area contributed by atoms with Crippen molar-refractivity contribution in [3.8, 4) is 0 Å². The van der Waals surface area contributed by atoms with Gasteiger partial charge in [-0.3, -0.25) is 0 Å². The van der Waals surface area contributed by atoms with Gasteiger partial charge in [-0.05, 0) is 71.6 Å². The van der Waals surface area contributed by atoms with E-state index in [-0.39, 0.29) is 11.8 Å². The second kappa shape index (κ2) is 6.88. The van der Waals surface area contributed by atoms with Crippen molar-refractivity contribution in [3.63, 3.8) is 0 Å². The van der Waals surface area contributed by atoms with Crippen LogP contribution in [0, 0.1) is 23.7 Å². The summed E-state index contributed by atoms with van der Waals surface area (Å²) in [4.78, 5) is 0. The Bertz CT molecular complexity index is 443. The van der Waals surface area contributed by atoms with Crippen LogP contribution in [0.15, 0.2) is 23.3 Å². The van der Waals surface area contributed by atoms with E-state index in [0.29, 0.717) is 11.8 Å². The van der Waals surface area contributed by atoms with E-state index in [4.69, 9.17) is 0 Å². The predicted molar refractivity (Wildman–Crippen MR) is 92.5 cm³/mol. The van der Waals surface area contributed by atoms with Gasteiger partial charge in [0.1, 0.15) is 0 Å². The molecule has 1 fully saturated rings. The molecule has 6 unspecified atom stereocenters. The van der Waals surface area contributed by atoms with Crippen LogP contribution < -0.4 is 0 Å². The van der Waals surface area contributed by atoms with Crippen molar-refractivity contribution >= 4 is 0 Å². The summed E-state index contributed by atoms with van der Waals surface area (Å²) in [6.07, 6.45) is 8.84. The first-order chi connectivity index (χ1) is 10.2. The van der Waals surface area contributed by atoms with Crippen LogP contribution in [0.4, 0.5) is 0 Å². The van der Waals surface area contributed by atoms with Crippen LogP contribution in [0.3, 0.4) is 0 Å². The van der Waals surface area contributed by atoms with Gasteiger partial charge in [0.2, 0.25) is 0 Å². The molecule has 0 saturated heterocycles. The minimum absolute atomic E-state index is 0.0167. The topological polar surface area (TPSA) is 40.5 Å². The number of rotatable bonds is 4. The standard InChI is InChI=1S/C20H34O2/c1-13(2)7-6-12-20(5,22)17-11-9-14(3)16-10-8-15(4)18(16)19(17)21/h7-8,14,16-19,21-22H,6,9-12H2,1-5H3. The summed E-state index contributed by atoms with van der Waals surface area (Å²) in [6, 6.07) is 0. The Morgan fingerprint density at radius 1 is 1.36 bits per heavy atom. The molecule has 126 valence electrons. The largest absolute Gasteiger partial charge is 0.392 e. The molecule has 2 rings (SSSR count). The third-order valence-corrected chi connectivity index (χ3v) is 6.15. The van der Waals surface area contributed by atoms with Crippen LogP contribution in [0.2, 0.25) is 0 Å². The molecule has 6 atom stereocenters. The number of allylic oxidation sites excluding steroid dienone is 3. The lowest BCUT2D eigenvalue weighted by atomic mass is 9.73. The molecule has 2 heteroatoms. The average molecular weight is 306 g/mol. The molecule has 0 radical (unpaired) electrons. The highest BCUT2D eigenvalue weighted by Gasteiger charge is 2.47. The fourth-order valence-electron chi connectivity index (χ4n) is 4.65. The van der Waals surface area contributed by atoms with Gasteiger partial charge in [-0.15, -0.1) is 0 Å². The molecule has 0 heterocycles. The molecule has 1 saturated carbocycles. The van der Waals surface area contributed by atoms with Crippen molar-refractivity contribution in [3.05, 3.63) is 23.3 Å². The van der Waals surface area contributed by atoms with Crippen LogP contribution in [0.25, 0.3) is 0 Å². The molecule has 0 bridgehead atoms. The quantitative estimate of drug-likeness (QED) is 0.752. The molecule has 0 amide bonds. The highest BCUT2D eigenvalue weighted by Crippen LogP contribution is 2.48. The summed E-state index contributed by atoms with van der Waals surface area (Å²) < 4.78 is 0. The third-order valence-electron chi connectivity index (χ3n) is 6.15. The minimum atomic E-state index is -0.789. The third kappa shape index (κ3) is 3.65. The predicted octanol–water partition coefficient (Wildman–Crippen LogP) is 4.47. The lowest BCUT2D eigenvalue weighted by Crippen LogP contribution is -2.45. The number of aliphatic hydroxyl groups excluding tert-OH is 1. The second-order valence-corrected chi connectivity index (χ2v) is 8.20. The number of hydrogen-bond acceptors (Lipinski definition) is 2. The van der Waals surface area contributed by atoms with E-state index in [1.165, 1.54) is 11.1 Å². The van der Waals surface area contributed by atoms with E-state index in [1.54, 1.807) is 0 Å². The molecule has 2 N–H and O–H groups in total. The van der Waals surface area contributed by atoms with Gasteiger partial charge >= 0.3 is 0 Å². The van der Waals surface area contributed by atoms with Crippen LogP contribution in [-0.2, 0) is 0 Å². The Labute approximate surface area is 136 Å². The lowest BCUT2D eigenvalue weighted by Gasteiger charge is -2.38. The molecule has 2 aliphatic rings. The summed E-state index contributed by atoms with van der Waals surface area (Å²) in [5.74, 6) is 1.43. The zero-order chi connectivity index (χ0) is 16.5. The van der Waals surface area contributed by atoms with Crippen molar-refractivity contribution in [2.24, 2.45) is 23.7 Å². The van der Waals surface area contributed by atoms with Gasteiger partial charge in [-0.1, -0.05) is 30.2 Å². The average Bonchev–Trinajstić information content (AvgIpc) is 2.73. The smallest absolute Gasteiger partial charge is 0.0675 e. The Morgan fingerprint density at radius 3 is 2.68 bits per heavy atom. The van der Waals surface area contributed by atoms with Gasteiger partial charge in [0.25, 0.3) is 0 Å². The molecule has 0 aromatic heterocycles. The SMILES string of the molecule is CC(C)=CCCC(C)(O)C1CCC(C)C2CC=C(C)C2C1O. The minimum Gasteiger partial charge on any atom is -0.392 e. The molecular formula is C20H34O2. The van der Waals surface area contributed by atoms with Gasteiger partial charge in [0.15, 0.2) is 0 Å². The van der Waals surface area contributed by atoms with Crippen molar-refractivity contribution in [2.45, 2.75) is 78.4 Å². The molecule has 0 aromatic carbocycles. The van der Waals surface area contributed by atoms with Crippen molar-refractivity contribution in [1.82, 2.24) is 0 Å². The molecule has 2 nitrogen and oxygen atoms in total.